The van der Waals surface area contributed by atoms with Gasteiger partial charge in [0.25, 0.3) is 0 Å². The molecule has 0 aliphatic heterocycles. The van der Waals surface area contributed by atoms with Crippen LogP contribution in [0.1, 0.15) is 11.1 Å². The largest absolute Gasteiger partial charge is 0.493 e. The highest BCUT2D eigenvalue weighted by atomic mass is 35.5. The summed E-state index contributed by atoms with van der Waals surface area (Å²) in [7, 11) is 1.32. The molecule has 0 aliphatic rings. The molecule has 0 atom stereocenters. The highest BCUT2D eigenvalue weighted by Gasteiger charge is 2.10. The fourth-order valence-corrected chi connectivity index (χ4v) is 2.05. The molecule has 4 nitrogen and oxygen atoms in total. The van der Waals surface area contributed by atoms with Crippen LogP contribution in [0, 0.1) is 5.82 Å². The molecule has 0 saturated carbocycles. The van der Waals surface area contributed by atoms with E-state index >= 15 is 0 Å². The van der Waals surface area contributed by atoms with Crippen LogP contribution in [0.4, 0.5) is 13.2 Å². The van der Waals surface area contributed by atoms with Crippen molar-refractivity contribution in [1.29, 1.82) is 0 Å². The van der Waals surface area contributed by atoms with Crippen LogP contribution in [0.2, 0.25) is 5.02 Å². The van der Waals surface area contributed by atoms with Gasteiger partial charge in [0, 0.05) is 11.1 Å². The van der Waals surface area contributed by atoms with Crippen LogP contribution >= 0.6 is 11.6 Å². The van der Waals surface area contributed by atoms with Crippen molar-refractivity contribution in [2.24, 2.45) is 5.16 Å². The van der Waals surface area contributed by atoms with Crippen LogP contribution in [-0.2, 0) is 11.4 Å². The van der Waals surface area contributed by atoms with Crippen molar-refractivity contribution in [2.45, 2.75) is 13.2 Å². The zero-order valence-corrected chi connectivity index (χ0v) is 13.3. The standard InChI is InChI=1S/C16H13ClF3NO3/c1-22-15-7-10(5-6-14(15)24-16(19)20)8-21-23-9-11-12(17)3-2-4-13(11)18/h2-8,16H,9H2,1H3/b21-8+. The van der Waals surface area contributed by atoms with Gasteiger partial charge in [-0.1, -0.05) is 22.8 Å². The highest BCUT2D eigenvalue weighted by Crippen LogP contribution is 2.29. The summed E-state index contributed by atoms with van der Waals surface area (Å²) in [5, 5.41) is 3.93. The van der Waals surface area contributed by atoms with E-state index < -0.39 is 12.4 Å². The minimum absolute atomic E-state index is 0.0938. The number of halogens is 4. The Balaban J connectivity index is 2.01. The smallest absolute Gasteiger partial charge is 0.387 e. The molecule has 0 amide bonds. The Morgan fingerprint density at radius 2 is 2.00 bits per heavy atom. The van der Waals surface area contributed by atoms with Gasteiger partial charge in [-0.3, -0.25) is 0 Å². The number of ether oxygens (including phenoxy) is 2. The lowest BCUT2D eigenvalue weighted by molar-refractivity contribution is -0.0512. The number of hydrogen-bond donors (Lipinski definition) is 0. The molecule has 2 rings (SSSR count). The van der Waals surface area contributed by atoms with Crippen LogP contribution in [0.15, 0.2) is 41.6 Å². The minimum Gasteiger partial charge on any atom is -0.493 e. The number of alkyl halides is 2. The summed E-state index contributed by atoms with van der Waals surface area (Å²) in [5.74, 6) is -0.465. The summed E-state index contributed by atoms with van der Waals surface area (Å²) in [5.41, 5.74) is 0.711. The summed E-state index contributed by atoms with van der Waals surface area (Å²) in [6, 6.07) is 8.55. The Kier molecular flexibility index (Phi) is 6.31. The summed E-state index contributed by atoms with van der Waals surface area (Å²) < 4.78 is 47.3. The number of methoxy groups -OCH3 is 1. The molecule has 2 aromatic rings. The Labute approximate surface area is 141 Å². The molecule has 0 heterocycles. The highest BCUT2D eigenvalue weighted by molar-refractivity contribution is 6.31. The Bertz CT molecular complexity index is 705. The van der Waals surface area contributed by atoms with Gasteiger partial charge in [0.2, 0.25) is 0 Å². The monoisotopic (exact) mass is 359 g/mol. The number of oxime groups is 1. The van der Waals surface area contributed by atoms with Crippen LogP contribution in [0.3, 0.4) is 0 Å². The third-order valence-electron chi connectivity index (χ3n) is 2.95. The van der Waals surface area contributed by atoms with E-state index in [0.717, 1.165) is 0 Å². The summed E-state index contributed by atoms with van der Waals surface area (Å²) in [6.45, 7) is -3.10. The van der Waals surface area contributed by atoms with Gasteiger partial charge in [0.1, 0.15) is 12.4 Å². The molecule has 0 saturated heterocycles. The Hall–Kier alpha value is -2.41. The molecule has 128 valence electrons. The molecule has 0 radical (unpaired) electrons. The molecule has 0 unspecified atom stereocenters. The molecule has 2 aromatic carbocycles. The van der Waals surface area contributed by atoms with Crippen molar-refractivity contribution in [3.8, 4) is 11.5 Å². The van der Waals surface area contributed by atoms with E-state index in [2.05, 4.69) is 9.89 Å². The van der Waals surface area contributed by atoms with Crippen LogP contribution in [-0.4, -0.2) is 19.9 Å². The van der Waals surface area contributed by atoms with Gasteiger partial charge in [-0.2, -0.15) is 8.78 Å². The van der Waals surface area contributed by atoms with E-state index in [4.69, 9.17) is 21.2 Å². The molecule has 0 spiro atoms. The second kappa shape index (κ2) is 8.44. The van der Waals surface area contributed by atoms with Crippen LogP contribution in [0.5, 0.6) is 11.5 Å². The number of benzene rings is 2. The van der Waals surface area contributed by atoms with Crippen molar-refractivity contribution in [2.75, 3.05) is 7.11 Å². The molecule has 0 aliphatic carbocycles. The fraction of sp³-hybridized carbons (Fsp3) is 0.188. The van der Waals surface area contributed by atoms with Gasteiger partial charge in [0.05, 0.1) is 18.3 Å². The topological polar surface area (TPSA) is 40.0 Å². The van der Waals surface area contributed by atoms with Crippen LogP contribution in [0.25, 0.3) is 0 Å². The van der Waals surface area contributed by atoms with E-state index in [1.165, 1.54) is 43.7 Å². The van der Waals surface area contributed by atoms with Gasteiger partial charge in [-0.05, 0) is 30.3 Å². The molecule has 24 heavy (non-hydrogen) atoms. The maximum atomic E-state index is 13.5. The predicted octanol–water partition coefficient (Wildman–Crippen LogP) is 4.64. The van der Waals surface area contributed by atoms with Crippen LogP contribution < -0.4 is 9.47 Å². The lowest BCUT2D eigenvalue weighted by Gasteiger charge is -2.10. The first-order valence-corrected chi connectivity index (χ1v) is 7.10. The minimum atomic E-state index is -2.95. The number of hydrogen-bond acceptors (Lipinski definition) is 4. The first-order chi connectivity index (χ1) is 11.5. The van der Waals surface area contributed by atoms with Crippen molar-refractivity contribution in [3.05, 3.63) is 58.4 Å². The fourth-order valence-electron chi connectivity index (χ4n) is 1.83. The third kappa shape index (κ3) is 4.79. The molecular formula is C16H13ClF3NO3. The summed E-state index contributed by atoms with van der Waals surface area (Å²) >= 11 is 5.86. The number of rotatable bonds is 7. The zero-order valence-electron chi connectivity index (χ0n) is 12.5. The molecule has 8 heteroatoms. The van der Waals surface area contributed by atoms with E-state index in [0.29, 0.717) is 5.56 Å². The third-order valence-corrected chi connectivity index (χ3v) is 3.30. The number of nitrogens with zero attached hydrogens (tertiary/aromatic N) is 1. The predicted molar refractivity (Wildman–Crippen MR) is 83.4 cm³/mol. The zero-order chi connectivity index (χ0) is 17.5. The quantitative estimate of drug-likeness (QED) is 0.534. The van der Waals surface area contributed by atoms with Gasteiger partial charge in [0.15, 0.2) is 11.5 Å². The molecular weight excluding hydrogens is 347 g/mol. The summed E-state index contributed by atoms with van der Waals surface area (Å²) in [4.78, 5) is 5.01. The van der Waals surface area contributed by atoms with Crippen molar-refractivity contribution in [3.63, 3.8) is 0 Å². The van der Waals surface area contributed by atoms with Crippen molar-refractivity contribution in [1.82, 2.24) is 0 Å². The Morgan fingerprint density at radius 1 is 1.21 bits per heavy atom. The lowest BCUT2D eigenvalue weighted by atomic mass is 10.2. The lowest BCUT2D eigenvalue weighted by Crippen LogP contribution is -2.03. The van der Waals surface area contributed by atoms with Crippen molar-refractivity contribution >= 4 is 17.8 Å². The van der Waals surface area contributed by atoms with E-state index in [1.54, 1.807) is 6.07 Å². The van der Waals surface area contributed by atoms with Gasteiger partial charge in [-0.25, -0.2) is 4.39 Å². The first kappa shape index (κ1) is 17.9. The van der Waals surface area contributed by atoms with E-state index in [-0.39, 0.29) is 28.7 Å². The molecule has 0 aromatic heterocycles. The van der Waals surface area contributed by atoms with E-state index in [1.807, 2.05) is 0 Å². The molecule has 0 N–H and O–H groups in total. The first-order valence-electron chi connectivity index (χ1n) is 6.72. The van der Waals surface area contributed by atoms with Gasteiger partial charge < -0.3 is 14.3 Å². The Morgan fingerprint density at radius 3 is 2.67 bits per heavy atom. The summed E-state index contributed by atoms with van der Waals surface area (Å²) in [6.07, 6.45) is 1.32. The average Bonchev–Trinajstić information content (AvgIpc) is 2.54. The SMILES string of the molecule is COc1cc(/C=N/OCc2c(F)cccc2Cl)ccc1OC(F)F. The van der Waals surface area contributed by atoms with E-state index in [9.17, 15) is 13.2 Å². The molecule has 0 fully saturated rings. The van der Waals surface area contributed by atoms with Gasteiger partial charge >= 0.3 is 6.61 Å². The van der Waals surface area contributed by atoms with Gasteiger partial charge in [-0.15, -0.1) is 0 Å². The normalized spacial score (nSPS) is 11.1. The average molecular weight is 360 g/mol. The second-order valence-electron chi connectivity index (χ2n) is 4.50. The van der Waals surface area contributed by atoms with Crippen molar-refractivity contribution < 1.29 is 27.5 Å². The maximum absolute atomic E-state index is 13.5. The maximum Gasteiger partial charge on any atom is 0.387 e. The second-order valence-corrected chi connectivity index (χ2v) is 4.90. The molecule has 0 bridgehead atoms.